The van der Waals surface area contributed by atoms with Gasteiger partial charge in [0.1, 0.15) is 0 Å². The average Bonchev–Trinajstić information content (AvgIpc) is 3.09. The van der Waals surface area contributed by atoms with Crippen molar-refractivity contribution in [2.24, 2.45) is 16.3 Å². The molecule has 1 atom stereocenters. The summed E-state index contributed by atoms with van der Waals surface area (Å²) in [6, 6.07) is 8.56. The molecule has 1 saturated carbocycles. The second-order valence-electron chi connectivity index (χ2n) is 10.9. The molecular formula is C29H34FIN4. The monoisotopic (exact) mass is 584 g/mol. The Morgan fingerprint density at radius 2 is 1.91 bits per heavy atom. The molecule has 0 bridgehead atoms. The van der Waals surface area contributed by atoms with Gasteiger partial charge in [-0.2, -0.15) is 0 Å². The normalized spacial score (nSPS) is 23.8. The molecule has 1 unspecified atom stereocenters. The van der Waals surface area contributed by atoms with Gasteiger partial charge in [0.25, 0.3) is 0 Å². The summed E-state index contributed by atoms with van der Waals surface area (Å²) in [7, 11) is 0. The quantitative estimate of drug-likeness (QED) is 0.338. The number of allylic oxidation sites excluding steroid dienone is 3. The van der Waals surface area contributed by atoms with Crippen LogP contribution < -0.4 is 5.32 Å². The standard InChI is InChI=1S/C29H34FIN4/c1-29(2,3)19-33-28-32-17-15-24(34-28)26-27(22-10-12-23(30)13-11-22)35-25-18-21(14-16-31(25,26)4)9-8-20-6-5-7-20/h10-18,20H,4-9,19H2,1-3H3,(H,32,33,34). The van der Waals surface area contributed by atoms with Crippen molar-refractivity contribution in [3.63, 3.8) is 0 Å². The van der Waals surface area contributed by atoms with Crippen molar-refractivity contribution in [1.29, 1.82) is 0 Å². The fraction of sp³-hybridized carbons (Fsp3) is 0.379. The molecule has 1 fully saturated rings. The zero-order valence-electron chi connectivity index (χ0n) is 20.8. The maximum atomic E-state index is 13.7. The van der Waals surface area contributed by atoms with E-state index in [4.69, 9.17) is 14.5 Å². The predicted molar refractivity (Wildman–Crippen MR) is 156 cm³/mol. The van der Waals surface area contributed by atoms with Crippen LogP contribution in [-0.2, 0) is 0 Å². The zero-order valence-corrected chi connectivity index (χ0v) is 23.0. The third kappa shape index (κ3) is 5.22. The molecule has 3 aliphatic rings. The van der Waals surface area contributed by atoms with E-state index < -0.39 is 18.0 Å². The number of hydrogen-bond acceptors (Lipinski definition) is 4. The number of hydrogen-bond donors (Lipinski definition) is 1. The van der Waals surface area contributed by atoms with Gasteiger partial charge in [0.2, 0.25) is 0 Å². The van der Waals surface area contributed by atoms with Crippen molar-refractivity contribution >= 4 is 41.4 Å². The molecule has 0 radical (unpaired) electrons. The van der Waals surface area contributed by atoms with Crippen molar-refractivity contribution < 1.29 is 4.39 Å². The Bertz CT molecular complexity index is 1290. The van der Waals surface area contributed by atoms with Gasteiger partial charge in [-0.05, 0) is 0 Å². The van der Waals surface area contributed by atoms with Crippen LogP contribution in [0.4, 0.5) is 10.3 Å². The van der Waals surface area contributed by atoms with E-state index >= 15 is 0 Å². The zero-order chi connectivity index (χ0) is 24.6. The van der Waals surface area contributed by atoms with E-state index in [1.165, 1.54) is 43.4 Å². The molecule has 1 aromatic heterocycles. The Morgan fingerprint density at radius 3 is 2.60 bits per heavy atom. The number of aliphatic imine (C=N–C) groups is 1. The molecule has 0 saturated heterocycles. The summed E-state index contributed by atoms with van der Waals surface area (Å²) >= 11 is -3.04. The first-order chi connectivity index (χ1) is 16.7. The van der Waals surface area contributed by atoms with E-state index in [1.807, 2.05) is 6.07 Å². The first kappa shape index (κ1) is 24.2. The second kappa shape index (κ2) is 9.52. The third-order valence-electron chi connectivity index (χ3n) is 6.75. The van der Waals surface area contributed by atoms with Gasteiger partial charge in [0.15, 0.2) is 0 Å². The SMILES string of the molecule is C=I12C=CC(CCC3CCC3)=CC1=NC(c1ccc(F)cc1)=C2c1ccnc(NCC(C)(C)C)n1. The van der Waals surface area contributed by atoms with Gasteiger partial charge in [0.05, 0.1) is 0 Å². The summed E-state index contributed by atoms with van der Waals surface area (Å²) in [6.45, 7) is 7.30. The van der Waals surface area contributed by atoms with E-state index in [1.54, 1.807) is 18.3 Å². The number of aromatic nitrogens is 2. The minimum absolute atomic E-state index is 0.110. The molecule has 2 aliphatic heterocycles. The number of nitrogens with zero attached hydrogens (tertiary/aromatic N) is 3. The van der Waals surface area contributed by atoms with Crippen LogP contribution in [0, 0.1) is 17.2 Å². The first-order valence-corrected chi connectivity index (χ1v) is 17.3. The Morgan fingerprint density at radius 1 is 1.14 bits per heavy atom. The summed E-state index contributed by atoms with van der Waals surface area (Å²) < 4.78 is 23.1. The number of benzene rings is 1. The van der Waals surface area contributed by atoms with Crippen LogP contribution in [0.5, 0.6) is 0 Å². The number of fused-ring (bicyclic) bond motifs is 1. The fourth-order valence-corrected chi connectivity index (χ4v) is 11.1. The summed E-state index contributed by atoms with van der Waals surface area (Å²) in [4.78, 5) is 14.5. The summed E-state index contributed by atoms with van der Waals surface area (Å²) in [6.07, 6.45) is 12.8. The molecule has 1 N–H and O–H groups in total. The van der Waals surface area contributed by atoms with Crippen LogP contribution in [0.15, 0.2) is 63.3 Å². The topological polar surface area (TPSA) is 50.2 Å². The van der Waals surface area contributed by atoms with Gasteiger partial charge in [-0.3, -0.25) is 0 Å². The van der Waals surface area contributed by atoms with Gasteiger partial charge in [0, 0.05) is 0 Å². The predicted octanol–water partition coefficient (Wildman–Crippen LogP) is 7.82. The molecule has 4 nitrogen and oxygen atoms in total. The number of nitrogens with one attached hydrogen (secondary N) is 1. The van der Waals surface area contributed by atoms with E-state index in [-0.39, 0.29) is 11.2 Å². The molecule has 1 aliphatic carbocycles. The van der Waals surface area contributed by atoms with Crippen molar-refractivity contribution in [3.8, 4) is 0 Å². The molecule has 184 valence electrons. The van der Waals surface area contributed by atoms with E-state index in [0.29, 0.717) is 5.95 Å². The van der Waals surface area contributed by atoms with Gasteiger partial charge in [-0.1, -0.05) is 0 Å². The Hall–Kier alpha value is -2.48. The van der Waals surface area contributed by atoms with Gasteiger partial charge >= 0.3 is 212 Å². The van der Waals surface area contributed by atoms with E-state index in [9.17, 15) is 4.39 Å². The molecule has 35 heavy (non-hydrogen) atoms. The molecule has 5 rings (SSSR count). The molecule has 0 spiro atoms. The van der Waals surface area contributed by atoms with Crippen LogP contribution in [0.2, 0.25) is 0 Å². The van der Waals surface area contributed by atoms with Crippen LogP contribution in [0.1, 0.15) is 64.1 Å². The molecule has 3 heterocycles. The van der Waals surface area contributed by atoms with Crippen molar-refractivity contribution in [2.75, 3.05) is 11.9 Å². The van der Waals surface area contributed by atoms with Gasteiger partial charge < -0.3 is 0 Å². The van der Waals surface area contributed by atoms with Crippen molar-refractivity contribution in [1.82, 2.24) is 9.97 Å². The van der Waals surface area contributed by atoms with E-state index in [2.05, 4.69) is 47.3 Å². The summed E-state index contributed by atoms with van der Waals surface area (Å²) in [5.41, 5.74) is 4.08. The third-order valence-corrected chi connectivity index (χ3v) is 13.8. The van der Waals surface area contributed by atoms with Crippen molar-refractivity contribution in [3.05, 3.63) is 75.4 Å². The maximum absolute atomic E-state index is 13.7. The number of anilines is 1. The van der Waals surface area contributed by atoms with Gasteiger partial charge in [-0.15, -0.1) is 0 Å². The summed E-state index contributed by atoms with van der Waals surface area (Å²) in [5, 5.41) is 3.38. The number of rotatable bonds is 7. The summed E-state index contributed by atoms with van der Waals surface area (Å²) in [5.74, 6) is 1.24. The van der Waals surface area contributed by atoms with E-state index in [0.717, 1.165) is 43.1 Å². The minimum atomic E-state index is -3.04. The van der Waals surface area contributed by atoms with Gasteiger partial charge in [-0.25, -0.2) is 0 Å². The molecule has 0 amide bonds. The first-order valence-electron chi connectivity index (χ1n) is 12.4. The van der Waals surface area contributed by atoms with Crippen LogP contribution in [-0.4, -0.2) is 24.7 Å². The van der Waals surface area contributed by atoms with Crippen LogP contribution in [0.25, 0.3) is 9.28 Å². The molecular weight excluding hydrogens is 550 g/mol. The van der Waals surface area contributed by atoms with Crippen LogP contribution >= 0.6 is 18.0 Å². The van der Waals surface area contributed by atoms with Crippen molar-refractivity contribution in [2.45, 2.75) is 52.9 Å². The number of halogens is 2. The second-order valence-corrected chi connectivity index (χ2v) is 18.0. The Balaban J connectivity index is 1.53. The van der Waals surface area contributed by atoms with Crippen LogP contribution in [0.3, 0.4) is 0 Å². The Kier molecular flexibility index (Phi) is 6.59. The Labute approximate surface area is 211 Å². The molecule has 2 aromatic rings. The fourth-order valence-electron chi connectivity index (χ4n) is 4.45. The molecule has 1 aromatic carbocycles. The average molecular weight is 585 g/mol. The molecule has 6 heteroatoms.